The third-order valence-corrected chi connectivity index (χ3v) is 4.93. The van der Waals surface area contributed by atoms with E-state index in [-0.39, 0.29) is 22.7 Å². The van der Waals surface area contributed by atoms with Crippen LogP contribution in [0.5, 0.6) is 5.88 Å². The standard InChI is InChI=1S/C12H14BrN3O4S/c1-19-11-4-8(2-3-15-11)7-16-21(17,18)10-5-9(6-14)20-12(10)13/h2-5,16H,6-7,14H2,1H3. The zero-order valence-electron chi connectivity index (χ0n) is 11.2. The Morgan fingerprint density at radius 3 is 2.86 bits per heavy atom. The first-order valence-electron chi connectivity index (χ1n) is 5.93. The fourth-order valence-corrected chi connectivity index (χ4v) is 3.62. The number of hydrogen-bond acceptors (Lipinski definition) is 6. The van der Waals surface area contributed by atoms with Crippen molar-refractivity contribution in [3.63, 3.8) is 0 Å². The number of nitrogens with zero attached hydrogens (tertiary/aromatic N) is 1. The lowest BCUT2D eigenvalue weighted by molar-refractivity contribution is 0.397. The molecule has 2 aromatic heterocycles. The predicted octanol–water partition coefficient (Wildman–Crippen LogP) is 1.38. The molecule has 9 heteroatoms. The Hall–Kier alpha value is -1.42. The Kier molecular flexibility index (Phi) is 4.99. The quantitative estimate of drug-likeness (QED) is 0.789. The lowest BCUT2D eigenvalue weighted by atomic mass is 10.3. The first kappa shape index (κ1) is 16.0. The van der Waals surface area contributed by atoms with E-state index in [1.165, 1.54) is 13.2 Å². The molecule has 114 valence electrons. The van der Waals surface area contributed by atoms with Gasteiger partial charge in [0.05, 0.1) is 13.7 Å². The van der Waals surface area contributed by atoms with E-state index < -0.39 is 10.0 Å². The molecule has 0 aliphatic carbocycles. The number of ether oxygens (including phenoxy) is 1. The normalized spacial score (nSPS) is 11.6. The summed E-state index contributed by atoms with van der Waals surface area (Å²) in [4.78, 5) is 3.97. The fraction of sp³-hybridized carbons (Fsp3) is 0.250. The molecule has 0 saturated carbocycles. The predicted molar refractivity (Wildman–Crippen MR) is 79.1 cm³/mol. The minimum Gasteiger partial charge on any atom is -0.481 e. The van der Waals surface area contributed by atoms with Crippen LogP contribution in [-0.4, -0.2) is 20.5 Å². The molecule has 0 aliphatic heterocycles. The van der Waals surface area contributed by atoms with Crippen molar-refractivity contribution in [3.8, 4) is 5.88 Å². The van der Waals surface area contributed by atoms with Crippen molar-refractivity contribution in [2.45, 2.75) is 18.0 Å². The summed E-state index contributed by atoms with van der Waals surface area (Å²) in [7, 11) is -2.21. The van der Waals surface area contributed by atoms with Gasteiger partial charge in [-0.3, -0.25) is 0 Å². The van der Waals surface area contributed by atoms with Gasteiger partial charge in [0.2, 0.25) is 15.9 Å². The smallest absolute Gasteiger partial charge is 0.245 e. The van der Waals surface area contributed by atoms with E-state index in [4.69, 9.17) is 14.9 Å². The van der Waals surface area contributed by atoms with Gasteiger partial charge in [0.25, 0.3) is 0 Å². The van der Waals surface area contributed by atoms with E-state index in [1.807, 2.05) is 0 Å². The lowest BCUT2D eigenvalue weighted by Crippen LogP contribution is -2.23. The third-order valence-electron chi connectivity index (χ3n) is 2.67. The second-order valence-corrected chi connectivity index (χ2v) is 6.54. The van der Waals surface area contributed by atoms with Crippen LogP contribution in [0.15, 0.2) is 38.4 Å². The van der Waals surface area contributed by atoms with Crippen molar-refractivity contribution in [1.82, 2.24) is 9.71 Å². The van der Waals surface area contributed by atoms with Gasteiger partial charge in [-0.25, -0.2) is 18.1 Å². The molecule has 0 saturated heterocycles. The molecule has 2 aromatic rings. The second-order valence-electron chi connectivity index (χ2n) is 4.09. The second kappa shape index (κ2) is 6.56. The third kappa shape index (κ3) is 3.82. The number of rotatable bonds is 6. The maximum atomic E-state index is 12.2. The number of sulfonamides is 1. The number of nitrogens with two attached hydrogens (primary N) is 1. The molecular weight excluding hydrogens is 362 g/mol. The molecule has 0 atom stereocenters. The van der Waals surface area contributed by atoms with E-state index in [9.17, 15) is 8.42 Å². The van der Waals surface area contributed by atoms with Crippen molar-refractivity contribution >= 4 is 26.0 Å². The monoisotopic (exact) mass is 375 g/mol. The molecule has 0 fully saturated rings. The molecular formula is C12H14BrN3O4S. The molecule has 0 bridgehead atoms. The number of pyridine rings is 1. The Morgan fingerprint density at radius 1 is 1.48 bits per heavy atom. The number of methoxy groups -OCH3 is 1. The highest BCUT2D eigenvalue weighted by Crippen LogP contribution is 2.26. The van der Waals surface area contributed by atoms with E-state index in [1.54, 1.807) is 18.3 Å². The van der Waals surface area contributed by atoms with Gasteiger partial charge in [-0.1, -0.05) is 0 Å². The first-order valence-corrected chi connectivity index (χ1v) is 8.20. The minimum atomic E-state index is -3.71. The molecule has 0 radical (unpaired) electrons. The van der Waals surface area contributed by atoms with Gasteiger partial charge in [0.15, 0.2) is 4.67 Å². The SMILES string of the molecule is COc1cc(CNS(=O)(=O)c2cc(CN)oc2Br)ccn1. The Morgan fingerprint density at radius 2 is 2.24 bits per heavy atom. The van der Waals surface area contributed by atoms with E-state index >= 15 is 0 Å². The molecule has 0 unspecified atom stereocenters. The van der Waals surface area contributed by atoms with Crippen molar-refractivity contribution < 1.29 is 17.6 Å². The molecule has 3 N–H and O–H groups in total. The number of halogens is 1. The van der Waals surface area contributed by atoms with Gasteiger partial charge in [0.1, 0.15) is 10.7 Å². The summed E-state index contributed by atoms with van der Waals surface area (Å²) < 4.78 is 37.2. The average Bonchev–Trinajstić information content (AvgIpc) is 2.87. The first-order chi connectivity index (χ1) is 9.96. The van der Waals surface area contributed by atoms with Crippen LogP contribution in [0.1, 0.15) is 11.3 Å². The maximum Gasteiger partial charge on any atom is 0.245 e. The molecule has 21 heavy (non-hydrogen) atoms. The molecule has 2 heterocycles. The zero-order chi connectivity index (χ0) is 15.5. The van der Waals surface area contributed by atoms with Crippen LogP contribution < -0.4 is 15.2 Å². The van der Waals surface area contributed by atoms with Crippen molar-refractivity contribution in [3.05, 3.63) is 40.4 Å². The van der Waals surface area contributed by atoms with Crippen molar-refractivity contribution in [2.75, 3.05) is 7.11 Å². The van der Waals surface area contributed by atoms with Crippen molar-refractivity contribution in [1.29, 1.82) is 0 Å². The maximum absolute atomic E-state index is 12.2. The highest BCUT2D eigenvalue weighted by atomic mass is 79.9. The molecule has 7 nitrogen and oxygen atoms in total. The highest BCUT2D eigenvalue weighted by molar-refractivity contribution is 9.10. The number of nitrogens with one attached hydrogen (secondary N) is 1. The summed E-state index contributed by atoms with van der Waals surface area (Å²) in [5.41, 5.74) is 6.15. The van der Waals surface area contributed by atoms with Gasteiger partial charge in [0, 0.05) is 24.9 Å². The average molecular weight is 376 g/mol. The number of aromatic nitrogens is 1. The molecule has 0 amide bonds. The minimum absolute atomic E-state index is 0.0176. The Labute approximate surface area is 130 Å². The van der Waals surface area contributed by atoms with Gasteiger partial charge in [-0.2, -0.15) is 0 Å². The van der Waals surface area contributed by atoms with Gasteiger partial charge in [-0.05, 0) is 27.6 Å². The summed E-state index contributed by atoms with van der Waals surface area (Å²) in [5, 5.41) is 0. The van der Waals surface area contributed by atoms with E-state index in [0.29, 0.717) is 11.6 Å². The van der Waals surface area contributed by atoms with E-state index in [2.05, 4.69) is 25.6 Å². The van der Waals surface area contributed by atoms with Crippen LogP contribution >= 0.6 is 15.9 Å². The summed E-state index contributed by atoms with van der Waals surface area (Å²) >= 11 is 3.07. The van der Waals surface area contributed by atoms with Crippen LogP contribution in [0.25, 0.3) is 0 Å². The Balaban J connectivity index is 2.15. The summed E-state index contributed by atoms with van der Waals surface area (Å²) in [5.74, 6) is 0.800. The van der Waals surface area contributed by atoms with Crippen LogP contribution in [0, 0.1) is 0 Å². The largest absolute Gasteiger partial charge is 0.481 e. The zero-order valence-corrected chi connectivity index (χ0v) is 13.6. The van der Waals surface area contributed by atoms with Gasteiger partial charge >= 0.3 is 0 Å². The summed E-state index contributed by atoms with van der Waals surface area (Å²) in [6.07, 6.45) is 1.54. The topological polar surface area (TPSA) is 107 Å². The molecule has 0 spiro atoms. The fourth-order valence-electron chi connectivity index (χ4n) is 1.61. The van der Waals surface area contributed by atoms with Gasteiger partial charge in [-0.15, -0.1) is 0 Å². The van der Waals surface area contributed by atoms with E-state index in [0.717, 1.165) is 5.56 Å². The molecule has 0 aromatic carbocycles. The number of hydrogen-bond donors (Lipinski definition) is 2. The Bertz CT molecular complexity index is 730. The van der Waals surface area contributed by atoms with Gasteiger partial charge < -0.3 is 14.9 Å². The molecule has 0 aliphatic rings. The number of furan rings is 1. The van der Waals surface area contributed by atoms with Crippen molar-refractivity contribution in [2.24, 2.45) is 5.73 Å². The van der Waals surface area contributed by atoms with Crippen LogP contribution in [-0.2, 0) is 23.1 Å². The molecule has 2 rings (SSSR count). The highest BCUT2D eigenvalue weighted by Gasteiger charge is 2.22. The summed E-state index contributed by atoms with van der Waals surface area (Å²) in [6, 6.07) is 4.73. The van der Waals surface area contributed by atoms with Crippen LogP contribution in [0.2, 0.25) is 0 Å². The van der Waals surface area contributed by atoms with Crippen LogP contribution in [0.4, 0.5) is 0 Å². The lowest BCUT2D eigenvalue weighted by Gasteiger charge is -2.06. The van der Waals surface area contributed by atoms with Crippen LogP contribution in [0.3, 0.4) is 0 Å². The summed E-state index contributed by atoms with van der Waals surface area (Å²) in [6.45, 7) is 0.229.